The molecule has 0 saturated heterocycles. The predicted octanol–water partition coefficient (Wildman–Crippen LogP) is 5.40. The van der Waals surface area contributed by atoms with Gasteiger partial charge in [0.2, 0.25) is 0 Å². The van der Waals surface area contributed by atoms with Crippen LogP contribution in [0.1, 0.15) is 75.3 Å². The number of fused-ring (bicyclic) bond motifs is 1. The number of hydrogen-bond donors (Lipinski definition) is 1. The van der Waals surface area contributed by atoms with Gasteiger partial charge in [0.15, 0.2) is 0 Å². The molecule has 0 aliphatic heterocycles. The zero-order valence-corrected chi connectivity index (χ0v) is 13.5. The predicted molar refractivity (Wildman–Crippen MR) is 88.2 cm³/mol. The maximum absolute atomic E-state index is 10.2. The lowest BCUT2D eigenvalue weighted by atomic mass is 9.94. The van der Waals surface area contributed by atoms with Crippen LogP contribution in [0.15, 0.2) is 12.1 Å². The average Bonchev–Trinajstić information content (AvgIpc) is 2.50. The molecule has 2 nitrogen and oxygen atoms in total. The first-order chi connectivity index (χ1) is 10.3. The molecule has 1 aliphatic rings. The van der Waals surface area contributed by atoms with Crippen LogP contribution < -0.4 is 4.74 Å². The first kappa shape index (κ1) is 16.2. The van der Waals surface area contributed by atoms with Crippen molar-refractivity contribution >= 4 is 0 Å². The molecule has 0 atom stereocenters. The van der Waals surface area contributed by atoms with E-state index in [4.69, 9.17) is 4.74 Å². The van der Waals surface area contributed by atoms with Crippen LogP contribution in [0.25, 0.3) is 0 Å². The molecule has 1 N–H and O–H groups in total. The second kappa shape index (κ2) is 8.96. The first-order valence-electron chi connectivity index (χ1n) is 8.70. The summed E-state index contributed by atoms with van der Waals surface area (Å²) in [4.78, 5) is 0. The number of phenols is 1. The maximum Gasteiger partial charge on any atom is 0.122 e. The van der Waals surface area contributed by atoms with Crippen molar-refractivity contribution in [1.29, 1.82) is 0 Å². The van der Waals surface area contributed by atoms with Crippen LogP contribution in [-0.4, -0.2) is 12.2 Å². The van der Waals surface area contributed by atoms with Gasteiger partial charge in [-0.3, -0.25) is 0 Å². The fourth-order valence-corrected chi connectivity index (χ4v) is 3.42. The third kappa shape index (κ3) is 4.94. The number of hydrogen-bond acceptors (Lipinski definition) is 2. The minimum atomic E-state index is 0.456. The molecule has 1 aromatic carbocycles. The van der Waals surface area contributed by atoms with E-state index >= 15 is 0 Å². The summed E-state index contributed by atoms with van der Waals surface area (Å²) < 4.78 is 5.53. The van der Waals surface area contributed by atoms with E-state index in [-0.39, 0.29) is 0 Å². The van der Waals surface area contributed by atoms with Crippen LogP contribution in [0.2, 0.25) is 0 Å². The molecule has 0 aromatic heterocycles. The Bertz CT molecular complexity index is 426. The topological polar surface area (TPSA) is 29.5 Å². The van der Waals surface area contributed by atoms with Crippen molar-refractivity contribution in [3.8, 4) is 11.5 Å². The average molecular weight is 290 g/mol. The lowest BCUT2D eigenvalue weighted by Gasteiger charge is -2.16. The summed E-state index contributed by atoms with van der Waals surface area (Å²) in [5.41, 5.74) is 2.38. The van der Waals surface area contributed by atoms with Gasteiger partial charge < -0.3 is 9.84 Å². The highest BCUT2D eigenvalue weighted by Crippen LogP contribution is 2.33. The molecule has 0 spiro atoms. The minimum absolute atomic E-state index is 0.456. The number of benzene rings is 1. The van der Waals surface area contributed by atoms with Gasteiger partial charge >= 0.3 is 0 Å². The van der Waals surface area contributed by atoms with Crippen molar-refractivity contribution in [2.75, 3.05) is 7.11 Å². The number of rotatable bonds is 1. The van der Waals surface area contributed by atoms with Crippen LogP contribution in [0, 0.1) is 0 Å². The summed E-state index contributed by atoms with van der Waals surface area (Å²) in [5.74, 6) is 1.41. The van der Waals surface area contributed by atoms with Crippen molar-refractivity contribution in [1.82, 2.24) is 0 Å². The molecule has 0 bridgehead atoms. The van der Waals surface area contributed by atoms with Gasteiger partial charge in [-0.05, 0) is 37.8 Å². The zero-order chi connectivity index (χ0) is 14.9. The molecule has 0 unspecified atom stereocenters. The van der Waals surface area contributed by atoms with Gasteiger partial charge in [-0.25, -0.2) is 0 Å². The lowest BCUT2D eigenvalue weighted by Crippen LogP contribution is -2.00. The van der Waals surface area contributed by atoms with Crippen molar-refractivity contribution in [2.24, 2.45) is 0 Å². The second-order valence-corrected chi connectivity index (χ2v) is 6.28. The standard InChI is InChI=1S/C19H30O2/c1-21-19-15-14-18(20)16-12-10-8-6-4-2-3-5-7-9-11-13-17(16)19/h14-15,20H,2-13H2,1H3. The van der Waals surface area contributed by atoms with E-state index in [1.54, 1.807) is 13.2 Å². The van der Waals surface area contributed by atoms with Gasteiger partial charge in [0.1, 0.15) is 11.5 Å². The quantitative estimate of drug-likeness (QED) is 0.750. The second-order valence-electron chi connectivity index (χ2n) is 6.28. The molecule has 2 rings (SSSR count). The number of methoxy groups -OCH3 is 1. The molecular formula is C19H30O2. The van der Waals surface area contributed by atoms with Crippen LogP contribution in [0.3, 0.4) is 0 Å². The van der Waals surface area contributed by atoms with Crippen molar-refractivity contribution in [3.05, 3.63) is 23.3 Å². The fraction of sp³-hybridized carbons (Fsp3) is 0.684. The van der Waals surface area contributed by atoms with E-state index in [9.17, 15) is 5.11 Å². The molecule has 1 aromatic rings. The van der Waals surface area contributed by atoms with Gasteiger partial charge in [-0.15, -0.1) is 0 Å². The SMILES string of the molecule is COc1ccc(O)c2c1CCCCCCCCCCCC2. The largest absolute Gasteiger partial charge is 0.508 e. The van der Waals surface area contributed by atoms with Gasteiger partial charge in [0, 0.05) is 11.1 Å². The molecule has 118 valence electrons. The maximum atomic E-state index is 10.2. The molecule has 0 saturated carbocycles. The summed E-state index contributed by atoms with van der Waals surface area (Å²) in [5, 5.41) is 10.2. The van der Waals surface area contributed by atoms with E-state index in [2.05, 4.69) is 0 Å². The Morgan fingerprint density at radius 3 is 1.71 bits per heavy atom. The van der Waals surface area contributed by atoms with Gasteiger partial charge in [0.05, 0.1) is 7.11 Å². The summed E-state index contributed by atoms with van der Waals surface area (Å²) >= 11 is 0. The summed E-state index contributed by atoms with van der Waals surface area (Å²) in [6, 6.07) is 3.71. The van der Waals surface area contributed by atoms with Crippen LogP contribution in [0.4, 0.5) is 0 Å². The van der Waals surface area contributed by atoms with Crippen LogP contribution in [-0.2, 0) is 12.8 Å². The Labute approximate surface area is 129 Å². The highest BCUT2D eigenvalue weighted by Gasteiger charge is 2.13. The Morgan fingerprint density at radius 1 is 0.714 bits per heavy atom. The van der Waals surface area contributed by atoms with E-state index in [0.29, 0.717) is 5.75 Å². The molecule has 0 radical (unpaired) electrons. The highest BCUT2D eigenvalue weighted by atomic mass is 16.5. The third-order valence-electron chi connectivity index (χ3n) is 4.69. The molecule has 0 fully saturated rings. The van der Waals surface area contributed by atoms with E-state index in [1.807, 2.05) is 6.07 Å². The molecular weight excluding hydrogens is 260 g/mol. The third-order valence-corrected chi connectivity index (χ3v) is 4.69. The minimum Gasteiger partial charge on any atom is -0.508 e. The molecule has 0 heterocycles. The van der Waals surface area contributed by atoms with Gasteiger partial charge in [-0.1, -0.05) is 51.4 Å². The van der Waals surface area contributed by atoms with Gasteiger partial charge in [-0.2, -0.15) is 0 Å². The number of ether oxygens (including phenoxy) is 1. The Balaban J connectivity index is 2.12. The number of phenolic OH excluding ortho intramolecular Hbond substituents is 1. The smallest absolute Gasteiger partial charge is 0.122 e. The Kier molecular flexibility index (Phi) is 6.91. The molecule has 2 heteroatoms. The van der Waals surface area contributed by atoms with Crippen molar-refractivity contribution in [2.45, 2.75) is 77.0 Å². The van der Waals surface area contributed by atoms with Gasteiger partial charge in [0.25, 0.3) is 0 Å². The van der Waals surface area contributed by atoms with Crippen molar-refractivity contribution in [3.63, 3.8) is 0 Å². The van der Waals surface area contributed by atoms with Crippen LogP contribution >= 0.6 is 0 Å². The summed E-state index contributed by atoms with van der Waals surface area (Å²) in [6.45, 7) is 0. The highest BCUT2D eigenvalue weighted by molar-refractivity contribution is 5.48. The van der Waals surface area contributed by atoms with Crippen molar-refractivity contribution < 1.29 is 9.84 Å². The molecule has 0 amide bonds. The monoisotopic (exact) mass is 290 g/mol. The first-order valence-corrected chi connectivity index (χ1v) is 8.70. The van der Waals surface area contributed by atoms with Crippen LogP contribution in [0.5, 0.6) is 11.5 Å². The van der Waals surface area contributed by atoms with E-state index in [1.165, 1.54) is 69.8 Å². The van der Waals surface area contributed by atoms with E-state index < -0.39 is 0 Å². The Hall–Kier alpha value is -1.18. The lowest BCUT2D eigenvalue weighted by molar-refractivity contribution is 0.403. The number of aromatic hydroxyl groups is 1. The Morgan fingerprint density at radius 2 is 1.19 bits per heavy atom. The molecule has 21 heavy (non-hydrogen) atoms. The fourth-order valence-electron chi connectivity index (χ4n) is 3.42. The summed E-state index contributed by atoms with van der Waals surface area (Å²) in [6.07, 6.45) is 15.2. The summed E-state index contributed by atoms with van der Waals surface area (Å²) in [7, 11) is 1.73. The normalized spacial score (nSPS) is 18.5. The zero-order valence-electron chi connectivity index (χ0n) is 13.5. The molecule has 1 aliphatic carbocycles. The van der Waals surface area contributed by atoms with E-state index in [0.717, 1.165) is 24.2 Å².